The van der Waals surface area contributed by atoms with Crippen molar-refractivity contribution >= 4 is 5.97 Å². The van der Waals surface area contributed by atoms with Gasteiger partial charge in [-0.3, -0.25) is 0 Å². The fourth-order valence-corrected chi connectivity index (χ4v) is 0.550. The highest BCUT2D eigenvalue weighted by Gasteiger charge is 2.04. The van der Waals surface area contributed by atoms with E-state index in [-0.39, 0.29) is 0 Å². The summed E-state index contributed by atoms with van der Waals surface area (Å²) in [7, 11) is 0. The number of esters is 1. The highest BCUT2D eigenvalue weighted by atomic mass is 16.7. The maximum absolute atomic E-state index is 10.7. The van der Waals surface area contributed by atoms with E-state index < -0.39 is 12.3 Å². The van der Waals surface area contributed by atoms with Gasteiger partial charge in [0.05, 0.1) is 6.08 Å². The number of carbonyl (C=O) groups excluding carboxylic acids is 1. The van der Waals surface area contributed by atoms with Crippen molar-refractivity contribution in [2.75, 3.05) is 6.61 Å². The lowest BCUT2D eigenvalue weighted by Crippen LogP contribution is -2.16. The molecule has 0 bridgehead atoms. The maximum atomic E-state index is 10.7. The molecule has 3 nitrogen and oxygen atoms in total. The highest BCUT2D eigenvalue weighted by molar-refractivity contribution is 5.81. The summed E-state index contributed by atoms with van der Waals surface area (Å²) in [5, 5.41) is 0. The van der Waals surface area contributed by atoms with E-state index in [4.69, 9.17) is 9.47 Å². The van der Waals surface area contributed by atoms with Crippen LogP contribution in [0.1, 0.15) is 13.8 Å². The molecule has 0 aliphatic carbocycles. The topological polar surface area (TPSA) is 35.5 Å². The van der Waals surface area contributed by atoms with Gasteiger partial charge in [-0.2, -0.15) is 0 Å². The van der Waals surface area contributed by atoms with E-state index in [1.54, 1.807) is 6.92 Å². The summed E-state index contributed by atoms with van der Waals surface area (Å²) in [5.41, 5.74) is 2.31. The van der Waals surface area contributed by atoms with Crippen LogP contribution in [-0.4, -0.2) is 18.9 Å². The summed E-state index contributed by atoms with van der Waals surface area (Å²) in [6.45, 7) is 7.23. The Morgan fingerprint density at radius 1 is 1.82 bits per heavy atom. The summed E-state index contributed by atoms with van der Waals surface area (Å²) < 4.78 is 9.66. The van der Waals surface area contributed by atoms with Crippen LogP contribution in [0, 0.1) is 0 Å². The predicted octanol–water partition coefficient (Wildman–Crippen LogP) is 1.25. The Bertz CT molecular complexity index is 168. The molecule has 62 valence electrons. The van der Waals surface area contributed by atoms with Crippen LogP contribution in [0.3, 0.4) is 0 Å². The number of hydrogen-bond donors (Lipinski definition) is 0. The van der Waals surface area contributed by atoms with Crippen molar-refractivity contribution in [3.63, 3.8) is 0 Å². The normalized spacial score (nSPS) is 11.5. The van der Waals surface area contributed by atoms with Gasteiger partial charge in [0.2, 0.25) is 0 Å². The first-order chi connectivity index (χ1) is 5.20. The van der Waals surface area contributed by atoms with Gasteiger partial charge in [0.1, 0.15) is 0 Å². The van der Waals surface area contributed by atoms with Crippen molar-refractivity contribution in [2.45, 2.75) is 20.1 Å². The molecule has 0 spiro atoms. The van der Waals surface area contributed by atoms with Crippen LogP contribution in [0.5, 0.6) is 0 Å². The first-order valence-corrected chi connectivity index (χ1v) is 3.38. The van der Waals surface area contributed by atoms with Gasteiger partial charge >= 0.3 is 5.97 Å². The van der Waals surface area contributed by atoms with Gasteiger partial charge in [-0.15, -0.1) is 5.73 Å². The van der Waals surface area contributed by atoms with Crippen LogP contribution in [0.25, 0.3) is 0 Å². The predicted molar refractivity (Wildman–Crippen MR) is 40.9 cm³/mol. The third-order valence-electron chi connectivity index (χ3n) is 0.903. The monoisotopic (exact) mass is 156 g/mol. The minimum atomic E-state index is -0.503. The second kappa shape index (κ2) is 5.71. The number of carbonyl (C=O) groups is 1. The SMILES string of the molecule is C=C=CC(=O)OC(C)OCC. The summed E-state index contributed by atoms with van der Waals surface area (Å²) >= 11 is 0. The third kappa shape index (κ3) is 5.40. The van der Waals surface area contributed by atoms with Crippen molar-refractivity contribution in [3.8, 4) is 0 Å². The molecule has 0 aliphatic heterocycles. The Labute approximate surface area is 66.3 Å². The van der Waals surface area contributed by atoms with Crippen LogP contribution in [0.4, 0.5) is 0 Å². The minimum Gasteiger partial charge on any atom is -0.432 e. The minimum absolute atomic E-state index is 0.485. The zero-order chi connectivity index (χ0) is 8.69. The Morgan fingerprint density at radius 3 is 2.91 bits per heavy atom. The number of ether oxygens (including phenoxy) is 2. The smallest absolute Gasteiger partial charge is 0.340 e. The molecule has 0 aromatic rings. The molecule has 0 saturated carbocycles. The number of hydrogen-bond acceptors (Lipinski definition) is 3. The van der Waals surface area contributed by atoms with E-state index in [0.29, 0.717) is 6.61 Å². The lowest BCUT2D eigenvalue weighted by atomic mass is 10.6. The molecule has 0 saturated heterocycles. The Kier molecular flexibility index (Phi) is 5.17. The molecule has 3 heteroatoms. The fourth-order valence-electron chi connectivity index (χ4n) is 0.550. The van der Waals surface area contributed by atoms with Crippen molar-refractivity contribution in [2.24, 2.45) is 0 Å². The first-order valence-electron chi connectivity index (χ1n) is 3.38. The molecule has 0 amide bonds. The molecule has 0 N–H and O–H groups in total. The van der Waals surface area contributed by atoms with E-state index in [0.717, 1.165) is 6.08 Å². The molecule has 0 rings (SSSR count). The molecule has 0 aromatic carbocycles. The second-order valence-electron chi connectivity index (χ2n) is 1.81. The zero-order valence-corrected chi connectivity index (χ0v) is 6.79. The van der Waals surface area contributed by atoms with E-state index in [1.165, 1.54) is 0 Å². The average molecular weight is 156 g/mol. The lowest BCUT2D eigenvalue weighted by Gasteiger charge is -2.10. The van der Waals surface area contributed by atoms with Crippen molar-refractivity contribution in [3.05, 3.63) is 18.4 Å². The van der Waals surface area contributed by atoms with Crippen molar-refractivity contribution in [1.82, 2.24) is 0 Å². The first kappa shape index (κ1) is 9.95. The van der Waals surface area contributed by atoms with Crippen molar-refractivity contribution in [1.29, 1.82) is 0 Å². The van der Waals surface area contributed by atoms with Crippen LogP contribution in [-0.2, 0) is 14.3 Å². The fraction of sp³-hybridized carbons (Fsp3) is 0.500. The quantitative estimate of drug-likeness (QED) is 0.266. The van der Waals surface area contributed by atoms with Gasteiger partial charge in [-0.1, -0.05) is 6.58 Å². The summed E-state index contributed by atoms with van der Waals surface area (Å²) in [6, 6.07) is 0. The molecule has 0 heterocycles. The van der Waals surface area contributed by atoms with E-state index in [2.05, 4.69) is 12.3 Å². The van der Waals surface area contributed by atoms with Gasteiger partial charge < -0.3 is 9.47 Å². The van der Waals surface area contributed by atoms with E-state index >= 15 is 0 Å². The molecule has 1 atom stereocenters. The van der Waals surface area contributed by atoms with Crippen molar-refractivity contribution < 1.29 is 14.3 Å². The van der Waals surface area contributed by atoms with Gasteiger partial charge in [0.25, 0.3) is 0 Å². The molecule has 0 radical (unpaired) electrons. The van der Waals surface area contributed by atoms with Gasteiger partial charge in [-0.25, -0.2) is 4.79 Å². The molecule has 1 unspecified atom stereocenters. The standard InChI is InChI=1S/C8H12O3/c1-4-6-8(9)11-7(3)10-5-2/h6-7H,1,5H2,2-3H3. The van der Waals surface area contributed by atoms with Gasteiger partial charge in [0.15, 0.2) is 6.29 Å². The molecule has 11 heavy (non-hydrogen) atoms. The van der Waals surface area contributed by atoms with Crippen LogP contribution in [0.15, 0.2) is 18.4 Å². The van der Waals surface area contributed by atoms with Crippen LogP contribution >= 0.6 is 0 Å². The molecule has 0 aromatic heterocycles. The maximum Gasteiger partial charge on any atom is 0.340 e. The average Bonchev–Trinajstić information content (AvgIpc) is 1.87. The highest BCUT2D eigenvalue weighted by Crippen LogP contribution is 1.93. The largest absolute Gasteiger partial charge is 0.432 e. The summed E-state index contributed by atoms with van der Waals surface area (Å²) in [5.74, 6) is -0.485. The van der Waals surface area contributed by atoms with E-state index in [9.17, 15) is 4.79 Å². The van der Waals surface area contributed by atoms with Gasteiger partial charge in [-0.05, 0) is 13.8 Å². The molecular weight excluding hydrogens is 144 g/mol. The van der Waals surface area contributed by atoms with Crippen LogP contribution in [0.2, 0.25) is 0 Å². The zero-order valence-electron chi connectivity index (χ0n) is 6.79. The van der Waals surface area contributed by atoms with Crippen LogP contribution < -0.4 is 0 Å². The Hall–Kier alpha value is -1.05. The summed E-state index contributed by atoms with van der Waals surface area (Å²) in [6.07, 6.45) is 0.618. The third-order valence-corrected chi connectivity index (χ3v) is 0.903. The Balaban J connectivity index is 3.65. The number of rotatable bonds is 4. The lowest BCUT2D eigenvalue weighted by molar-refractivity contribution is -0.167. The second-order valence-corrected chi connectivity index (χ2v) is 1.81. The Morgan fingerprint density at radius 2 is 2.45 bits per heavy atom. The van der Waals surface area contributed by atoms with E-state index in [1.807, 2.05) is 6.92 Å². The molecule has 0 aliphatic rings. The summed E-state index contributed by atoms with van der Waals surface area (Å²) in [4.78, 5) is 10.7. The van der Waals surface area contributed by atoms with Gasteiger partial charge in [0, 0.05) is 6.61 Å². The molecular formula is C8H12O3. The molecule has 0 fully saturated rings.